The van der Waals surface area contributed by atoms with Crippen molar-refractivity contribution in [3.8, 4) is 5.75 Å². The lowest BCUT2D eigenvalue weighted by molar-refractivity contribution is -0.144. The van der Waals surface area contributed by atoms with Crippen molar-refractivity contribution in [2.24, 2.45) is 0 Å². The zero-order valence-electron chi connectivity index (χ0n) is 15.5. The van der Waals surface area contributed by atoms with Crippen LogP contribution in [0.3, 0.4) is 0 Å². The van der Waals surface area contributed by atoms with Crippen molar-refractivity contribution in [3.05, 3.63) is 89.0 Å². The van der Waals surface area contributed by atoms with Gasteiger partial charge in [-0.25, -0.2) is 0 Å². The van der Waals surface area contributed by atoms with Crippen molar-refractivity contribution in [2.45, 2.75) is 44.1 Å². The summed E-state index contributed by atoms with van der Waals surface area (Å²) >= 11 is 0. The van der Waals surface area contributed by atoms with Crippen molar-refractivity contribution in [1.29, 1.82) is 0 Å². The normalized spacial score (nSPS) is 24.0. The molecule has 27 heavy (non-hydrogen) atoms. The number of esters is 1. The number of fused-ring (bicyclic) bond motifs is 1. The number of ether oxygens (including phenoxy) is 1. The Balaban J connectivity index is 1.71. The van der Waals surface area contributed by atoms with Gasteiger partial charge in [0.25, 0.3) is 0 Å². The molecule has 0 radical (unpaired) electrons. The summed E-state index contributed by atoms with van der Waals surface area (Å²) in [6.07, 6.45) is 8.85. The minimum Gasteiger partial charge on any atom is -0.508 e. The summed E-state index contributed by atoms with van der Waals surface area (Å²) in [6.45, 7) is 1.45. The predicted molar refractivity (Wildman–Crippen MR) is 106 cm³/mol. The molecule has 0 saturated heterocycles. The summed E-state index contributed by atoms with van der Waals surface area (Å²) in [7, 11) is 0. The van der Waals surface area contributed by atoms with E-state index in [-0.39, 0.29) is 18.0 Å². The van der Waals surface area contributed by atoms with Crippen molar-refractivity contribution in [1.82, 2.24) is 0 Å². The molecule has 1 N–H and O–H groups in total. The van der Waals surface area contributed by atoms with Gasteiger partial charge in [-0.15, -0.1) is 0 Å². The third-order valence-electron chi connectivity index (χ3n) is 5.58. The molecule has 4 rings (SSSR count). The molecule has 0 heterocycles. The summed E-state index contributed by atoms with van der Waals surface area (Å²) in [5, 5.41) is 9.91. The lowest BCUT2D eigenvalue weighted by atomic mass is 9.68. The van der Waals surface area contributed by atoms with Crippen LogP contribution >= 0.6 is 0 Å². The van der Waals surface area contributed by atoms with E-state index in [9.17, 15) is 9.90 Å². The van der Waals surface area contributed by atoms with Crippen LogP contribution in [0, 0.1) is 0 Å². The van der Waals surface area contributed by atoms with Gasteiger partial charge >= 0.3 is 5.97 Å². The second-order valence-corrected chi connectivity index (χ2v) is 7.36. The van der Waals surface area contributed by atoms with Gasteiger partial charge in [0, 0.05) is 19.3 Å². The fraction of sp³-hybridized carbons (Fsp3) is 0.292. The molecule has 0 fully saturated rings. The molecule has 2 aromatic carbocycles. The molecule has 3 unspecified atom stereocenters. The molecular formula is C24H24O3. The first-order chi connectivity index (χ1) is 13.1. The van der Waals surface area contributed by atoms with Crippen LogP contribution in [0.4, 0.5) is 0 Å². The first-order valence-corrected chi connectivity index (χ1v) is 9.54. The summed E-state index contributed by atoms with van der Waals surface area (Å²) < 4.78 is 5.32. The molecule has 3 atom stereocenters. The number of benzene rings is 2. The Kier molecular flexibility index (Phi) is 4.85. The van der Waals surface area contributed by atoms with Crippen LogP contribution in [0.5, 0.6) is 5.75 Å². The van der Waals surface area contributed by atoms with E-state index in [1.165, 1.54) is 29.2 Å². The van der Waals surface area contributed by atoms with Crippen LogP contribution in [0.1, 0.15) is 48.3 Å². The maximum absolute atomic E-state index is 11.2. The number of carbonyl (C=O) groups excluding carboxylic acids is 1. The summed E-state index contributed by atoms with van der Waals surface area (Å²) in [4.78, 5) is 11.2. The number of rotatable bonds is 3. The first kappa shape index (κ1) is 17.6. The number of hydrogen-bond donors (Lipinski definition) is 1. The molecule has 2 aliphatic rings. The van der Waals surface area contributed by atoms with E-state index in [0.29, 0.717) is 18.1 Å². The predicted octanol–water partition coefficient (Wildman–Crippen LogP) is 5.02. The lowest BCUT2D eigenvalue weighted by Gasteiger charge is -2.36. The van der Waals surface area contributed by atoms with Gasteiger partial charge in [0.1, 0.15) is 11.9 Å². The molecule has 3 nitrogen and oxygen atoms in total. The Morgan fingerprint density at radius 3 is 2.67 bits per heavy atom. The summed E-state index contributed by atoms with van der Waals surface area (Å²) in [5.41, 5.74) is 5.12. The van der Waals surface area contributed by atoms with E-state index >= 15 is 0 Å². The second kappa shape index (κ2) is 7.43. The van der Waals surface area contributed by atoms with Crippen LogP contribution in [-0.4, -0.2) is 17.2 Å². The number of carbonyl (C=O) groups is 1. The molecule has 0 amide bonds. The van der Waals surface area contributed by atoms with E-state index in [0.717, 1.165) is 12.8 Å². The number of aryl methyl sites for hydroxylation is 1. The van der Waals surface area contributed by atoms with Crippen LogP contribution in [0.25, 0.3) is 0 Å². The average Bonchev–Trinajstić information content (AvgIpc) is 2.68. The van der Waals surface area contributed by atoms with E-state index < -0.39 is 0 Å². The Morgan fingerprint density at radius 1 is 1.15 bits per heavy atom. The molecule has 0 bridgehead atoms. The van der Waals surface area contributed by atoms with E-state index in [1.807, 2.05) is 12.1 Å². The number of phenolic OH excluding ortho intramolecular Hbond substituents is 1. The van der Waals surface area contributed by atoms with Crippen molar-refractivity contribution < 1.29 is 14.6 Å². The largest absolute Gasteiger partial charge is 0.508 e. The molecule has 0 aliphatic heterocycles. The fourth-order valence-electron chi connectivity index (χ4n) is 4.43. The summed E-state index contributed by atoms with van der Waals surface area (Å²) in [5.74, 6) is 0.714. The molecule has 138 valence electrons. The topological polar surface area (TPSA) is 46.5 Å². The highest BCUT2D eigenvalue weighted by molar-refractivity contribution is 5.66. The minimum absolute atomic E-state index is 0.177. The highest BCUT2D eigenvalue weighted by Crippen LogP contribution is 2.48. The minimum atomic E-state index is -0.248. The Hall–Kier alpha value is -2.81. The number of phenols is 1. The van der Waals surface area contributed by atoms with Gasteiger partial charge in [-0.05, 0) is 59.2 Å². The van der Waals surface area contributed by atoms with Gasteiger partial charge in [0.2, 0.25) is 0 Å². The molecule has 0 aromatic heterocycles. The number of allylic oxidation sites excluding steroid dienone is 2. The zero-order valence-corrected chi connectivity index (χ0v) is 15.5. The average molecular weight is 360 g/mol. The van der Waals surface area contributed by atoms with Crippen molar-refractivity contribution in [3.63, 3.8) is 0 Å². The van der Waals surface area contributed by atoms with E-state index in [2.05, 4.69) is 48.6 Å². The third kappa shape index (κ3) is 3.68. The molecule has 2 aliphatic carbocycles. The maximum Gasteiger partial charge on any atom is 0.303 e. The Morgan fingerprint density at radius 2 is 1.96 bits per heavy atom. The van der Waals surface area contributed by atoms with E-state index in [4.69, 9.17) is 4.74 Å². The summed E-state index contributed by atoms with van der Waals surface area (Å²) in [6, 6.07) is 16.4. The second-order valence-electron chi connectivity index (χ2n) is 7.36. The molecular weight excluding hydrogens is 336 g/mol. The molecule has 0 spiro atoms. The molecule has 3 heteroatoms. The quantitative estimate of drug-likeness (QED) is 0.782. The molecule has 0 saturated carbocycles. The van der Waals surface area contributed by atoms with Gasteiger partial charge < -0.3 is 9.84 Å². The number of aromatic hydroxyl groups is 1. The monoisotopic (exact) mass is 360 g/mol. The SMILES string of the molecule is CC(=O)OC1C=CC(C2c3ccc(O)cc3CCC2c2ccccc2)=CC1. The van der Waals surface area contributed by atoms with Crippen molar-refractivity contribution in [2.75, 3.05) is 0 Å². The van der Waals surface area contributed by atoms with Gasteiger partial charge in [0.05, 0.1) is 0 Å². The van der Waals surface area contributed by atoms with E-state index in [1.54, 1.807) is 6.07 Å². The highest BCUT2D eigenvalue weighted by Gasteiger charge is 2.33. The van der Waals surface area contributed by atoms with Gasteiger partial charge in [0.15, 0.2) is 0 Å². The highest BCUT2D eigenvalue weighted by atomic mass is 16.5. The number of hydrogen-bond acceptors (Lipinski definition) is 3. The Labute approximate surface area is 160 Å². The fourth-order valence-corrected chi connectivity index (χ4v) is 4.43. The molecule has 2 aromatic rings. The smallest absolute Gasteiger partial charge is 0.303 e. The van der Waals surface area contributed by atoms with Crippen LogP contribution in [-0.2, 0) is 16.0 Å². The van der Waals surface area contributed by atoms with Crippen molar-refractivity contribution >= 4 is 5.97 Å². The zero-order chi connectivity index (χ0) is 18.8. The van der Waals surface area contributed by atoms with Gasteiger partial charge in [-0.1, -0.05) is 48.6 Å². The van der Waals surface area contributed by atoms with Gasteiger partial charge in [-0.2, -0.15) is 0 Å². The standard InChI is InChI=1S/C24H24O3/c1-16(25)27-21-11-7-18(8-12-21)24-22(17-5-3-2-4-6-17)13-9-19-15-20(26)10-14-23(19)24/h2-8,10-11,14-15,21-22,24,26H,9,12-13H2,1H3. The first-order valence-electron chi connectivity index (χ1n) is 9.54. The Bertz CT molecular complexity index is 895. The van der Waals surface area contributed by atoms with Gasteiger partial charge in [-0.3, -0.25) is 4.79 Å². The van der Waals surface area contributed by atoms with Crippen LogP contribution in [0.2, 0.25) is 0 Å². The lowest BCUT2D eigenvalue weighted by Crippen LogP contribution is -2.23. The maximum atomic E-state index is 11.2. The van der Waals surface area contributed by atoms with Crippen LogP contribution < -0.4 is 0 Å². The third-order valence-corrected chi connectivity index (χ3v) is 5.58. The van der Waals surface area contributed by atoms with Crippen LogP contribution in [0.15, 0.2) is 72.3 Å².